The number of methoxy groups -OCH3 is 1. The Kier molecular flexibility index (Phi) is 2.93. The number of hydroxylamine groups is 2. The normalized spacial score (nSPS) is 34.5. The third kappa shape index (κ3) is 1.71. The molecule has 1 fully saturated rings. The van der Waals surface area contributed by atoms with Crippen molar-refractivity contribution in [3.8, 4) is 6.07 Å². The van der Waals surface area contributed by atoms with Crippen LogP contribution >= 0.6 is 0 Å². The molecule has 0 saturated carbocycles. The predicted molar refractivity (Wildman–Crippen MR) is 59.2 cm³/mol. The number of fused-ring (bicyclic) bond motifs is 2. The highest BCUT2D eigenvalue weighted by Crippen LogP contribution is 2.46. The maximum Gasteiger partial charge on any atom is 0.344 e. The van der Waals surface area contributed by atoms with E-state index in [1.807, 2.05) is 6.07 Å². The fourth-order valence-electron chi connectivity index (χ4n) is 2.42. The molecule has 1 aliphatic carbocycles. The van der Waals surface area contributed by atoms with Crippen molar-refractivity contribution in [3.05, 3.63) is 12.2 Å². The van der Waals surface area contributed by atoms with Crippen LogP contribution in [0.15, 0.2) is 12.2 Å². The standard InChI is InChI=1S/C10H12N2O5S/c1-16-9(13)10(6-11)7-3-4-8(5-7)12(10)17-18(2,14)15/h3-4,7-8H,5H2,1-2H3/t7?,8?,10-/m0/s1. The van der Waals surface area contributed by atoms with Gasteiger partial charge in [0.15, 0.2) is 0 Å². The van der Waals surface area contributed by atoms with Gasteiger partial charge in [0.25, 0.3) is 10.1 Å². The molecule has 1 heterocycles. The Morgan fingerprint density at radius 3 is 2.72 bits per heavy atom. The molecule has 18 heavy (non-hydrogen) atoms. The lowest BCUT2D eigenvalue weighted by molar-refractivity contribution is -0.174. The van der Waals surface area contributed by atoms with Crippen LogP contribution in [-0.4, -0.2) is 44.4 Å². The first-order valence-electron chi connectivity index (χ1n) is 5.22. The third-order valence-electron chi connectivity index (χ3n) is 3.13. The summed E-state index contributed by atoms with van der Waals surface area (Å²) < 4.78 is 31.9. The minimum absolute atomic E-state index is 0.413. The summed E-state index contributed by atoms with van der Waals surface area (Å²) in [6.07, 6.45) is 4.75. The van der Waals surface area contributed by atoms with Gasteiger partial charge in [0, 0.05) is 5.92 Å². The van der Waals surface area contributed by atoms with Crippen LogP contribution in [0.25, 0.3) is 0 Å². The van der Waals surface area contributed by atoms with Crippen molar-refractivity contribution in [2.45, 2.75) is 18.0 Å². The molecule has 1 aliphatic heterocycles. The zero-order chi connectivity index (χ0) is 13.6. The Morgan fingerprint density at radius 1 is 1.56 bits per heavy atom. The Labute approximate surface area is 105 Å². The number of nitrogens with zero attached hydrogens (tertiary/aromatic N) is 2. The van der Waals surface area contributed by atoms with Crippen molar-refractivity contribution in [1.82, 2.24) is 5.06 Å². The monoisotopic (exact) mass is 272 g/mol. The second-order valence-corrected chi connectivity index (χ2v) is 5.83. The molecule has 1 saturated heterocycles. The maximum absolute atomic E-state index is 11.9. The molecule has 0 amide bonds. The maximum atomic E-state index is 11.9. The molecule has 8 heteroatoms. The topological polar surface area (TPSA) is 96.7 Å². The molecule has 2 rings (SSSR count). The SMILES string of the molecule is COC(=O)[C@]1(C#N)C2C=CC(C2)N1OS(C)(=O)=O. The first-order valence-corrected chi connectivity index (χ1v) is 7.03. The lowest BCUT2D eigenvalue weighted by Crippen LogP contribution is -2.56. The number of nitriles is 1. The van der Waals surface area contributed by atoms with Gasteiger partial charge in [-0.2, -0.15) is 18.0 Å². The smallest absolute Gasteiger partial charge is 0.344 e. The van der Waals surface area contributed by atoms with Gasteiger partial charge in [0.1, 0.15) is 6.07 Å². The summed E-state index contributed by atoms with van der Waals surface area (Å²) in [6, 6.07) is 1.43. The molecule has 0 aromatic heterocycles. The molecular formula is C10H12N2O5S. The highest BCUT2D eigenvalue weighted by Gasteiger charge is 2.63. The summed E-state index contributed by atoms with van der Waals surface area (Å²) in [4.78, 5) is 11.9. The van der Waals surface area contributed by atoms with Crippen LogP contribution in [0.4, 0.5) is 0 Å². The fraction of sp³-hybridized carbons (Fsp3) is 0.600. The van der Waals surface area contributed by atoms with Gasteiger partial charge in [-0.1, -0.05) is 12.2 Å². The third-order valence-corrected chi connectivity index (χ3v) is 3.56. The first kappa shape index (κ1) is 13.0. The molecule has 7 nitrogen and oxygen atoms in total. The molecule has 2 bridgehead atoms. The van der Waals surface area contributed by atoms with Crippen molar-refractivity contribution in [2.24, 2.45) is 5.92 Å². The molecule has 2 aliphatic rings. The van der Waals surface area contributed by atoms with E-state index in [4.69, 9.17) is 4.28 Å². The highest BCUT2D eigenvalue weighted by molar-refractivity contribution is 7.85. The van der Waals surface area contributed by atoms with Gasteiger partial charge in [0.2, 0.25) is 5.54 Å². The van der Waals surface area contributed by atoms with E-state index in [1.165, 1.54) is 0 Å². The number of esters is 1. The van der Waals surface area contributed by atoms with Gasteiger partial charge in [0.05, 0.1) is 19.4 Å². The molecule has 98 valence electrons. The van der Waals surface area contributed by atoms with Crippen molar-refractivity contribution >= 4 is 16.1 Å². The van der Waals surface area contributed by atoms with Crippen molar-refractivity contribution < 1.29 is 22.2 Å². The molecule has 0 spiro atoms. The predicted octanol–water partition coefficient (Wildman–Crippen LogP) is -0.427. The Hall–Kier alpha value is -1.43. The second-order valence-electron chi connectivity index (χ2n) is 4.27. The summed E-state index contributed by atoms with van der Waals surface area (Å²) in [5, 5.41) is 10.2. The van der Waals surface area contributed by atoms with Crippen LogP contribution in [0.1, 0.15) is 6.42 Å². The first-order chi connectivity index (χ1) is 8.35. The summed E-state index contributed by atoms with van der Waals surface area (Å²) in [7, 11) is -2.67. The van der Waals surface area contributed by atoms with Gasteiger partial charge in [-0.3, -0.25) is 0 Å². The van der Waals surface area contributed by atoms with Gasteiger partial charge in [-0.05, 0) is 6.42 Å². The van der Waals surface area contributed by atoms with Crippen LogP contribution in [0, 0.1) is 17.2 Å². The van der Waals surface area contributed by atoms with Crippen LogP contribution < -0.4 is 0 Å². The Bertz CT molecular complexity index is 549. The lowest BCUT2D eigenvalue weighted by atomic mass is 9.87. The molecule has 3 atom stereocenters. The molecular weight excluding hydrogens is 260 g/mol. The van der Waals surface area contributed by atoms with E-state index in [0.29, 0.717) is 6.42 Å². The average molecular weight is 272 g/mol. The second kappa shape index (κ2) is 4.05. The lowest BCUT2D eigenvalue weighted by Gasteiger charge is -2.34. The van der Waals surface area contributed by atoms with E-state index >= 15 is 0 Å². The van der Waals surface area contributed by atoms with Crippen LogP contribution in [0.3, 0.4) is 0 Å². The molecule has 0 radical (unpaired) electrons. The quantitative estimate of drug-likeness (QED) is 0.508. The fourth-order valence-corrected chi connectivity index (χ4v) is 2.94. The Morgan fingerprint density at radius 2 is 2.22 bits per heavy atom. The number of hydrogen-bond acceptors (Lipinski definition) is 7. The summed E-state index contributed by atoms with van der Waals surface area (Å²) in [6.45, 7) is 0. The average Bonchev–Trinajstić information content (AvgIpc) is 2.86. The summed E-state index contributed by atoms with van der Waals surface area (Å²) in [5.41, 5.74) is -1.72. The van der Waals surface area contributed by atoms with E-state index in [0.717, 1.165) is 18.4 Å². The molecule has 2 unspecified atom stereocenters. The number of carbonyl (C=O) groups is 1. The largest absolute Gasteiger partial charge is 0.467 e. The van der Waals surface area contributed by atoms with Gasteiger partial charge in [-0.25, -0.2) is 4.79 Å². The van der Waals surface area contributed by atoms with Gasteiger partial charge < -0.3 is 4.74 Å². The van der Waals surface area contributed by atoms with Gasteiger partial charge in [-0.15, -0.1) is 5.06 Å². The minimum atomic E-state index is -3.82. The molecule has 0 aromatic carbocycles. The van der Waals surface area contributed by atoms with Gasteiger partial charge >= 0.3 is 5.97 Å². The van der Waals surface area contributed by atoms with Crippen LogP contribution in [0.5, 0.6) is 0 Å². The Balaban J connectivity index is 2.46. The number of hydrogen-bond donors (Lipinski definition) is 0. The van der Waals surface area contributed by atoms with E-state index in [1.54, 1.807) is 12.2 Å². The van der Waals surface area contributed by atoms with Crippen LogP contribution in [-0.2, 0) is 23.9 Å². The van der Waals surface area contributed by atoms with Crippen LogP contribution in [0.2, 0.25) is 0 Å². The zero-order valence-electron chi connectivity index (χ0n) is 9.86. The van der Waals surface area contributed by atoms with E-state index in [-0.39, 0.29) is 0 Å². The molecule has 0 N–H and O–H groups in total. The van der Waals surface area contributed by atoms with Crippen molar-refractivity contribution in [2.75, 3.05) is 13.4 Å². The summed E-state index contributed by atoms with van der Waals surface area (Å²) >= 11 is 0. The summed E-state index contributed by atoms with van der Waals surface area (Å²) in [5.74, 6) is -1.24. The van der Waals surface area contributed by atoms with E-state index < -0.39 is 33.6 Å². The van der Waals surface area contributed by atoms with E-state index in [2.05, 4.69) is 4.74 Å². The van der Waals surface area contributed by atoms with Crippen molar-refractivity contribution in [1.29, 1.82) is 5.26 Å². The van der Waals surface area contributed by atoms with E-state index in [9.17, 15) is 18.5 Å². The number of rotatable bonds is 3. The van der Waals surface area contributed by atoms with Crippen molar-refractivity contribution in [3.63, 3.8) is 0 Å². The highest BCUT2D eigenvalue weighted by atomic mass is 32.2. The molecule has 0 aromatic rings. The number of carbonyl (C=O) groups excluding carboxylic acids is 1. The zero-order valence-corrected chi connectivity index (χ0v) is 10.7. The number of ether oxygens (including phenoxy) is 1. The minimum Gasteiger partial charge on any atom is -0.467 e.